The van der Waals surface area contributed by atoms with Crippen LogP contribution in [0.25, 0.3) is 0 Å². The molecule has 1 unspecified atom stereocenters. The summed E-state index contributed by atoms with van der Waals surface area (Å²) in [5.41, 5.74) is 3.87. The van der Waals surface area contributed by atoms with Crippen LogP contribution in [0, 0.1) is 0 Å². The molecule has 1 atom stereocenters. The molecule has 5 nitrogen and oxygen atoms in total. The van der Waals surface area contributed by atoms with Gasteiger partial charge in [0.25, 0.3) is 0 Å². The standard InChI is InChI=1S/C22H27NO4S/c1-4-26-12-13-27-22(25)19-14(2)23-17-6-5-7-18(24)21(17)20(19)15-8-10-16(28-3)11-9-15/h8-11,20,23H,4-7,12-13H2,1-3H3. The summed E-state index contributed by atoms with van der Waals surface area (Å²) in [5, 5.41) is 3.31. The van der Waals surface area contributed by atoms with E-state index in [1.807, 2.05) is 44.4 Å². The van der Waals surface area contributed by atoms with Crippen LogP contribution in [0.5, 0.6) is 0 Å². The maximum atomic E-state index is 12.9. The fourth-order valence-corrected chi connectivity index (χ4v) is 4.21. The van der Waals surface area contributed by atoms with Crippen molar-refractivity contribution in [2.45, 2.75) is 43.9 Å². The van der Waals surface area contributed by atoms with E-state index >= 15 is 0 Å². The van der Waals surface area contributed by atoms with E-state index in [9.17, 15) is 9.59 Å². The van der Waals surface area contributed by atoms with Crippen LogP contribution in [0.1, 0.15) is 44.6 Å². The fourth-order valence-electron chi connectivity index (χ4n) is 3.80. The molecular weight excluding hydrogens is 374 g/mol. The summed E-state index contributed by atoms with van der Waals surface area (Å²) in [6, 6.07) is 8.08. The number of benzene rings is 1. The van der Waals surface area contributed by atoms with Gasteiger partial charge in [0.2, 0.25) is 0 Å². The molecule has 0 saturated heterocycles. The Hall–Kier alpha value is -2.05. The van der Waals surface area contributed by atoms with Gasteiger partial charge in [-0.25, -0.2) is 4.79 Å². The van der Waals surface area contributed by atoms with Gasteiger partial charge < -0.3 is 14.8 Å². The molecule has 0 aromatic heterocycles. The average Bonchev–Trinajstić information content (AvgIpc) is 2.70. The zero-order chi connectivity index (χ0) is 20.1. The molecule has 0 radical (unpaired) electrons. The molecule has 1 aromatic carbocycles. The van der Waals surface area contributed by atoms with E-state index in [2.05, 4.69) is 5.32 Å². The highest BCUT2D eigenvalue weighted by atomic mass is 32.2. The minimum absolute atomic E-state index is 0.111. The van der Waals surface area contributed by atoms with Crippen molar-refractivity contribution in [3.8, 4) is 0 Å². The number of hydrogen-bond acceptors (Lipinski definition) is 6. The van der Waals surface area contributed by atoms with Crippen LogP contribution >= 0.6 is 11.8 Å². The van der Waals surface area contributed by atoms with Gasteiger partial charge in [-0.3, -0.25) is 4.79 Å². The first-order valence-corrected chi connectivity index (χ1v) is 10.9. The van der Waals surface area contributed by atoms with Gasteiger partial charge in [-0.1, -0.05) is 12.1 Å². The zero-order valence-electron chi connectivity index (χ0n) is 16.7. The van der Waals surface area contributed by atoms with Gasteiger partial charge >= 0.3 is 5.97 Å². The number of ether oxygens (including phenoxy) is 2. The molecule has 1 aliphatic heterocycles. The van der Waals surface area contributed by atoms with Crippen LogP contribution in [0.4, 0.5) is 0 Å². The van der Waals surface area contributed by atoms with Crippen molar-refractivity contribution in [3.05, 3.63) is 52.4 Å². The van der Waals surface area contributed by atoms with Gasteiger partial charge in [0, 0.05) is 40.8 Å². The van der Waals surface area contributed by atoms with Crippen LogP contribution < -0.4 is 5.32 Å². The molecule has 0 saturated carbocycles. The predicted octanol–water partition coefficient (Wildman–Crippen LogP) is 3.96. The van der Waals surface area contributed by atoms with Crippen molar-refractivity contribution in [3.63, 3.8) is 0 Å². The molecule has 6 heteroatoms. The number of carbonyl (C=O) groups is 2. The number of allylic oxidation sites excluding steroid dienone is 3. The zero-order valence-corrected chi connectivity index (χ0v) is 17.5. The Labute approximate surface area is 170 Å². The predicted molar refractivity (Wildman–Crippen MR) is 110 cm³/mol. The average molecular weight is 402 g/mol. The molecule has 1 aliphatic carbocycles. The number of ketones is 1. The normalized spacial score (nSPS) is 19.4. The summed E-state index contributed by atoms with van der Waals surface area (Å²) < 4.78 is 10.7. The summed E-state index contributed by atoms with van der Waals surface area (Å²) >= 11 is 1.66. The Balaban J connectivity index is 1.97. The minimum Gasteiger partial charge on any atom is -0.460 e. The molecule has 0 fully saturated rings. The summed E-state index contributed by atoms with van der Waals surface area (Å²) in [7, 11) is 0. The Morgan fingerprint density at radius 3 is 2.64 bits per heavy atom. The smallest absolute Gasteiger partial charge is 0.336 e. The van der Waals surface area contributed by atoms with Gasteiger partial charge in [0.15, 0.2) is 5.78 Å². The van der Waals surface area contributed by atoms with Crippen LogP contribution in [-0.2, 0) is 19.1 Å². The van der Waals surface area contributed by atoms with Crippen molar-refractivity contribution in [2.24, 2.45) is 0 Å². The molecule has 3 rings (SSSR count). The summed E-state index contributed by atoms with van der Waals surface area (Å²) in [6.07, 6.45) is 4.20. The number of carbonyl (C=O) groups excluding carboxylic acids is 2. The Morgan fingerprint density at radius 1 is 1.21 bits per heavy atom. The van der Waals surface area contributed by atoms with E-state index in [0.717, 1.165) is 34.7 Å². The number of esters is 1. The lowest BCUT2D eigenvalue weighted by Crippen LogP contribution is -2.34. The quantitative estimate of drug-likeness (QED) is 0.424. The number of nitrogens with one attached hydrogen (secondary N) is 1. The third-order valence-corrected chi connectivity index (χ3v) is 5.85. The Bertz CT molecular complexity index is 810. The third-order valence-electron chi connectivity index (χ3n) is 5.11. The second-order valence-electron chi connectivity index (χ2n) is 6.87. The van der Waals surface area contributed by atoms with E-state index in [-0.39, 0.29) is 18.3 Å². The molecule has 28 heavy (non-hydrogen) atoms. The van der Waals surface area contributed by atoms with E-state index in [4.69, 9.17) is 9.47 Å². The first kappa shape index (κ1) is 20.7. The van der Waals surface area contributed by atoms with E-state index < -0.39 is 5.97 Å². The van der Waals surface area contributed by atoms with E-state index in [0.29, 0.717) is 30.8 Å². The lowest BCUT2D eigenvalue weighted by molar-refractivity contribution is -0.140. The van der Waals surface area contributed by atoms with Gasteiger partial charge in [0.1, 0.15) is 6.61 Å². The van der Waals surface area contributed by atoms with Gasteiger partial charge in [-0.05, 0) is 50.6 Å². The fraction of sp³-hybridized carbons (Fsp3) is 0.455. The van der Waals surface area contributed by atoms with E-state index in [1.54, 1.807) is 11.8 Å². The second-order valence-corrected chi connectivity index (χ2v) is 7.75. The molecule has 0 amide bonds. The first-order chi connectivity index (χ1) is 13.6. The van der Waals surface area contributed by atoms with Crippen LogP contribution in [0.2, 0.25) is 0 Å². The van der Waals surface area contributed by atoms with Gasteiger partial charge in [-0.15, -0.1) is 11.8 Å². The Kier molecular flexibility index (Phi) is 6.97. The molecule has 150 valence electrons. The molecule has 2 aliphatic rings. The van der Waals surface area contributed by atoms with Crippen molar-refractivity contribution in [1.29, 1.82) is 0 Å². The van der Waals surface area contributed by atoms with Crippen molar-refractivity contribution < 1.29 is 19.1 Å². The molecule has 1 heterocycles. The second kappa shape index (κ2) is 9.43. The number of Topliss-reactive ketones (excluding diaryl/α,β-unsaturated/α-hetero) is 1. The van der Waals surface area contributed by atoms with Crippen molar-refractivity contribution in [1.82, 2.24) is 5.32 Å². The number of dihydropyridines is 1. The highest BCUT2D eigenvalue weighted by Crippen LogP contribution is 2.42. The maximum absolute atomic E-state index is 12.9. The van der Waals surface area contributed by atoms with Gasteiger partial charge in [0.05, 0.1) is 12.2 Å². The lowest BCUT2D eigenvalue weighted by atomic mass is 9.75. The monoisotopic (exact) mass is 401 g/mol. The lowest BCUT2D eigenvalue weighted by Gasteiger charge is -2.34. The van der Waals surface area contributed by atoms with Crippen molar-refractivity contribution in [2.75, 3.05) is 26.1 Å². The SMILES string of the molecule is CCOCCOC(=O)C1=C(C)NC2=C(C(=O)CCC2)C1c1ccc(SC)cc1. The highest BCUT2D eigenvalue weighted by molar-refractivity contribution is 7.98. The van der Waals surface area contributed by atoms with E-state index in [1.165, 1.54) is 0 Å². The summed E-state index contributed by atoms with van der Waals surface area (Å²) in [4.78, 5) is 26.9. The molecule has 0 bridgehead atoms. The Morgan fingerprint density at radius 2 is 1.96 bits per heavy atom. The molecule has 0 spiro atoms. The molecule has 1 aromatic rings. The minimum atomic E-state index is -0.395. The topological polar surface area (TPSA) is 64.6 Å². The highest BCUT2D eigenvalue weighted by Gasteiger charge is 2.39. The van der Waals surface area contributed by atoms with Crippen molar-refractivity contribution >= 4 is 23.5 Å². The molecular formula is C22H27NO4S. The first-order valence-electron chi connectivity index (χ1n) is 9.69. The number of hydrogen-bond donors (Lipinski definition) is 1. The summed E-state index contributed by atoms with van der Waals surface area (Å²) in [5.74, 6) is -0.673. The maximum Gasteiger partial charge on any atom is 0.336 e. The van der Waals surface area contributed by atoms with Crippen LogP contribution in [-0.4, -0.2) is 37.8 Å². The van der Waals surface area contributed by atoms with Gasteiger partial charge in [-0.2, -0.15) is 0 Å². The largest absolute Gasteiger partial charge is 0.460 e. The third kappa shape index (κ3) is 4.33. The van der Waals surface area contributed by atoms with Crippen LogP contribution in [0.3, 0.4) is 0 Å². The number of rotatable bonds is 7. The number of thioether (sulfide) groups is 1. The summed E-state index contributed by atoms with van der Waals surface area (Å²) in [6.45, 7) is 4.92. The van der Waals surface area contributed by atoms with Crippen LogP contribution in [0.15, 0.2) is 51.7 Å². The molecule has 1 N–H and O–H groups in total.